The van der Waals surface area contributed by atoms with Gasteiger partial charge in [-0.15, -0.1) is 0 Å². The molecule has 0 aromatic carbocycles. The molecular formula is C13H24N2O4. The maximum atomic E-state index is 12.0. The van der Waals surface area contributed by atoms with Gasteiger partial charge in [0, 0.05) is 19.6 Å². The van der Waals surface area contributed by atoms with Crippen molar-refractivity contribution < 1.29 is 19.0 Å². The van der Waals surface area contributed by atoms with Crippen LogP contribution in [0, 0.1) is 0 Å². The molecule has 0 radical (unpaired) electrons. The molecule has 0 aromatic heterocycles. The first-order valence-electron chi connectivity index (χ1n) is 6.76. The number of hydrogen-bond donors (Lipinski definition) is 1. The first kappa shape index (κ1) is 14.6. The van der Waals surface area contributed by atoms with E-state index in [0.717, 1.165) is 13.1 Å². The predicted molar refractivity (Wildman–Crippen MR) is 69.9 cm³/mol. The molecule has 6 heteroatoms. The van der Waals surface area contributed by atoms with E-state index in [9.17, 15) is 4.79 Å². The molecule has 0 aliphatic carbocycles. The van der Waals surface area contributed by atoms with E-state index >= 15 is 0 Å². The summed E-state index contributed by atoms with van der Waals surface area (Å²) >= 11 is 0. The minimum absolute atomic E-state index is 0.179. The van der Waals surface area contributed by atoms with Crippen molar-refractivity contribution in [3.8, 4) is 0 Å². The number of amides is 1. The lowest BCUT2D eigenvalue weighted by Crippen LogP contribution is -2.62. The van der Waals surface area contributed by atoms with Gasteiger partial charge in [0.25, 0.3) is 0 Å². The second-order valence-electron chi connectivity index (χ2n) is 6.40. The smallest absolute Gasteiger partial charge is 0.410 e. The molecule has 19 heavy (non-hydrogen) atoms. The number of carbonyl (C=O) groups excluding carboxylic acids is 1. The fraction of sp³-hybridized carbons (Fsp3) is 0.923. The molecule has 2 aliphatic rings. The van der Waals surface area contributed by atoms with Gasteiger partial charge >= 0.3 is 6.09 Å². The Kier molecular flexibility index (Phi) is 4.03. The molecule has 0 saturated carbocycles. The summed E-state index contributed by atoms with van der Waals surface area (Å²) in [5.41, 5.74) is -0.656. The largest absolute Gasteiger partial charge is 0.444 e. The molecule has 110 valence electrons. The highest BCUT2D eigenvalue weighted by Crippen LogP contribution is 2.21. The maximum Gasteiger partial charge on any atom is 0.410 e. The standard InChI is InChI=1S/C13H24N2O4/c1-12(2,3)19-11(16)15-5-6-17-10(7-15)18-13(4)8-14-9-13/h10,14H,5-9H2,1-4H3. The van der Waals surface area contributed by atoms with Crippen molar-refractivity contribution in [2.45, 2.75) is 45.2 Å². The monoisotopic (exact) mass is 272 g/mol. The average Bonchev–Trinajstić information content (AvgIpc) is 2.25. The zero-order valence-electron chi connectivity index (χ0n) is 12.2. The zero-order chi connectivity index (χ0) is 14.1. The lowest BCUT2D eigenvalue weighted by atomic mass is 10.0. The normalized spacial score (nSPS) is 26.7. The van der Waals surface area contributed by atoms with Gasteiger partial charge in [0.2, 0.25) is 0 Å². The highest BCUT2D eigenvalue weighted by atomic mass is 16.7. The average molecular weight is 272 g/mol. The van der Waals surface area contributed by atoms with E-state index < -0.39 is 5.60 Å². The van der Waals surface area contributed by atoms with Crippen molar-refractivity contribution in [2.75, 3.05) is 32.8 Å². The van der Waals surface area contributed by atoms with Crippen LogP contribution in [0.15, 0.2) is 0 Å². The molecule has 1 N–H and O–H groups in total. The summed E-state index contributed by atoms with van der Waals surface area (Å²) in [5, 5.41) is 3.17. The van der Waals surface area contributed by atoms with E-state index in [2.05, 4.69) is 5.32 Å². The third-order valence-electron chi connectivity index (χ3n) is 3.10. The topological polar surface area (TPSA) is 60.0 Å². The zero-order valence-corrected chi connectivity index (χ0v) is 12.2. The molecule has 1 atom stereocenters. The molecule has 0 spiro atoms. The van der Waals surface area contributed by atoms with Crippen LogP contribution >= 0.6 is 0 Å². The summed E-state index contributed by atoms with van der Waals surface area (Å²) in [5.74, 6) is 0. The fourth-order valence-electron chi connectivity index (χ4n) is 2.06. The van der Waals surface area contributed by atoms with Crippen LogP contribution in [0.25, 0.3) is 0 Å². The van der Waals surface area contributed by atoms with E-state index in [0.29, 0.717) is 19.7 Å². The molecule has 2 heterocycles. The molecule has 0 aromatic rings. The van der Waals surface area contributed by atoms with Gasteiger partial charge in [0.05, 0.1) is 18.8 Å². The van der Waals surface area contributed by atoms with E-state index in [1.807, 2.05) is 27.7 Å². The minimum Gasteiger partial charge on any atom is -0.444 e. The quantitative estimate of drug-likeness (QED) is 0.811. The first-order valence-corrected chi connectivity index (χ1v) is 6.76. The van der Waals surface area contributed by atoms with Crippen LogP contribution in [0.1, 0.15) is 27.7 Å². The van der Waals surface area contributed by atoms with Gasteiger partial charge in [-0.05, 0) is 27.7 Å². The summed E-state index contributed by atoms with van der Waals surface area (Å²) in [4.78, 5) is 13.6. The Bertz CT molecular complexity index is 336. The van der Waals surface area contributed by atoms with Gasteiger partial charge in [-0.1, -0.05) is 0 Å². The number of rotatable bonds is 2. The number of hydrogen-bond acceptors (Lipinski definition) is 5. The molecule has 2 rings (SSSR count). The van der Waals surface area contributed by atoms with E-state index in [-0.39, 0.29) is 18.0 Å². The lowest BCUT2D eigenvalue weighted by molar-refractivity contribution is -0.238. The summed E-state index contributed by atoms with van der Waals surface area (Å²) in [6.45, 7) is 10.7. The molecule has 2 fully saturated rings. The number of ether oxygens (including phenoxy) is 3. The summed E-state index contributed by atoms with van der Waals surface area (Å²) in [6, 6.07) is 0. The van der Waals surface area contributed by atoms with Crippen LogP contribution in [0.2, 0.25) is 0 Å². The number of morpholine rings is 1. The lowest BCUT2D eigenvalue weighted by Gasteiger charge is -2.43. The second kappa shape index (κ2) is 5.26. The van der Waals surface area contributed by atoms with E-state index in [4.69, 9.17) is 14.2 Å². The van der Waals surface area contributed by atoms with E-state index in [1.54, 1.807) is 4.90 Å². The third kappa shape index (κ3) is 4.06. The predicted octanol–water partition coefficient (Wildman–Crippen LogP) is 0.958. The van der Waals surface area contributed by atoms with Crippen LogP contribution in [-0.2, 0) is 14.2 Å². The number of carbonyl (C=O) groups is 1. The van der Waals surface area contributed by atoms with Crippen molar-refractivity contribution in [2.24, 2.45) is 0 Å². The van der Waals surface area contributed by atoms with Gasteiger partial charge in [-0.3, -0.25) is 0 Å². The highest BCUT2D eigenvalue weighted by Gasteiger charge is 2.38. The van der Waals surface area contributed by atoms with Crippen molar-refractivity contribution in [3.05, 3.63) is 0 Å². The van der Waals surface area contributed by atoms with Crippen molar-refractivity contribution in [3.63, 3.8) is 0 Å². The van der Waals surface area contributed by atoms with Crippen LogP contribution in [0.5, 0.6) is 0 Å². The van der Waals surface area contributed by atoms with Gasteiger partial charge in [-0.25, -0.2) is 4.79 Å². The van der Waals surface area contributed by atoms with Crippen molar-refractivity contribution in [1.29, 1.82) is 0 Å². The summed E-state index contributed by atoms with van der Waals surface area (Å²) < 4.78 is 16.8. The Labute approximate surface area is 114 Å². The van der Waals surface area contributed by atoms with Crippen LogP contribution in [-0.4, -0.2) is 61.3 Å². The second-order valence-corrected chi connectivity index (χ2v) is 6.40. The van der Waals surface area contributed by atoms with Crippen LogP contribution < -0.4 is 5.32 Å². The molecule has 0 bridgehead atoms. The van der Waals surface area contributed by atoms with Gasteiger partial charge in [-0.2, -0.15) is 0 Å². The number of nitrogens with one attached hydrogen (secondary N) is 1. The SMILES string of the molecule is CC(C)(C)OC(=O)N1CCOC(OC2(C)CNC2)C1. The van der Waals surface area contributed by atoms with Crippen LogP contribution in [0.4, 0.5) is 4.79 Å². The van der Waals surface area contributed by atoms with Gasteiger partial charge in [0.15, 0.2) is 6.29 Å². The maximum absolute atomic E-state index is 12.0. The highest BCUT2D eigenvalue weighted by molar-refractivity contribution is 5.68. The Balaban J connectivity index is 1.84. The molecule has 2 saturated heterocycles. The molecule has 6 nitrogen and oxygen atoms in total. The molecule has 1 unspecified atom stereocenters. The Morgan fingerprint density at radius 2 is 2.11 bits per heavy atom. The summed E-state index contributed by atoms with van der Waals surface area (Å²) in [7, 11) is 0. The first-order chi connectivity index (χ1) is 8.77. The van der Waals surface area contributed by atoms with Crippen molar-refractivity contribution in [1.82, 2.24) is 10.2 Å². The Hall–Kier alpha value is -0.850. The van der Waals surface area contributed by atoms with Crippen molar-refractivity contribution >= 4 is 6.09 Å². The minimum atomic E-state index is -0.477. The van der Waals surface area contributed by atoms with E-state index in [1.165, 1.54) is 0 Å². The number of nitrogens with zero attached hydrogens (tertiary/aromatic N) is 1. The van der Waals surface area contributed by atoms with Gasteiger partial charge < -0.3 is 24.4 Å². The van der Waals surface area contributed by atoms with Crippen LogP contribution in [0.3, 0.4) is 0 Å². The molecule has 1 amide bonds. The molecule has 2 aliphatic heterocycles. The Morgan fingerprint density at radius 1 is 1.42 bits per heavy atom. The fourth-order valence-corrected chi connectivity index (χ4v) is 2.06. The summed E-state index contributed by atoms with van der Waals surface area (Å²) in [6.07, 6.45) is -0.672. The third-order valence-corrected chi connectivity index (χ3v) is 3.10. The van der Waals surface area contributed by atoms with Gasteiger partial charge in [0.1, 0.15) is 5.60 Å². The molecular weight excluding hydrogens is 248 g/mol. The Morgan fingerprint density at radius 3 is 2.63 bits per heavy atom.